The molecule has 1 aromatic carbocycles. The molecule has 0 bridgehead atoms. The Balaban J connectivity index is 2.65. The van der Waals surface area contributed by atoms with Crippen molar-refractivity contribution in [2.75, 3.05) is 0 Å². The van der Waals surface area contributed by atoms with E-state index < -0.39 is 11.5 Å². The lowest BCUT2D eigenvalue weighted by Gasteiger charge is -2.06. The highest BCUT2D eigenvalue weighted by atomic mass is 35.5. The monoisotopic (exact) mass is 249 g/mol. The van der Waals surface area contributed by atoms with E-state index in [1.54, 1.807) is 24.3 Å². The van der Waals surface area contributed by atoms with Crippen LogP contribution in [-0.2, 0) is 0 Å². The minimum absolute atomic E-state index is 0.271. The molecular formula is C12H8ClNO3. The van der Waals surface area contributed by atoms with E-state index >= 15 is 0 Å². The SMILES string of the molecule is O=C(O)c1cccn(-c2cccc(Cl)c2)c1=O. The molecular weight excluding hydrogens is 242 g/mol. The Morgan fingerprint density at radius 3 is 2.65 bits per heavy atom. The van der Waals surface area contributed by atoms with E-state index in [1.165, 1.54) is 22.9 Å². The van der Waals surface area contributed by atoms with Crippen molar-refractivity contribution in [1.82, 2.24) is 4.57 Å². The maximum atomic E-state index is 11.9. The normalized spacial score (nSPS) is 10.2. The molecule has 86 valence electrons. The van der Waals surface area contributed by atoms with Crippen LogP contribution in [0.5, 0.6) is 0 Å². The zero-order valence-corrected chi connectivity index (χ0v) is 9.39. The summed E-state index contributed by atoms with van der Waals surface area (Å²) in [6, 6.07) is 9.42. The molecule has 2 rings (SSSR count). The first-order chi connectivity index (χ1) is 8.09. The van der Waals surface area contributed by atoms with Crippen molar-refractivity contribution in [3.05, 3.63) is 63.5 Å². The van der Waals surface area contributed by atoms with Gasteiger partial charge in [-0.25, -0.2) is 4.79 Å². The topological polar surface area (TPSA) is 59.3 Å². The second kappa shape index (κ2) is 4.43. The van der Waals surface area contributed by atoms with Gasteiger partial charge in [-0.2, -0.15) is 0 Å². The molecule has 0 amide bonds. The lowest BCUT2D eigenvalue weighted by molar-refractivity contribution is 0.0694. The van der Waals surface area contributed by atoms with Gasteiger partial charge in [0.25, 0.3) is 5.56 Å². The first-order valence-electron chi connectivity index (χ1n) is 4.80. The Morgan fingerprint density at radius 1 is 1.24 bits per heavy atom. The largest absolute Gasteiger partial charge is 0.477 e. The predicted octanol–water partition coefficient (Wildman–Crippen LogP) is 2.19. The molecule has 0 atom stereocenters. The number of carboxylic acid groups (broad SMARTS) is 1. The van der Waals surface area contributed by atoms with Crippen molar-refractivity contribution in [1.29, 1.82) is 0 Å². The zero-order valence-electron chi connectivity index (χ0n) is 8.63. The fourth-order valence-electron chi connectivity index (χ4n) is 1.49. The molecule has 0 spiro atoms. The summed E-state index contributed by atoms with van der Waals surface area (Å²) in [5.41, 5.74) is -0.319. The zero-order chi connectivity index (χ0) is 12.4. The van der Waals surface area contributed by atoms with E-state index in [0.717, 1.165) is 0 Å². The molecule has 1 N–H and O–H groups in total. The fourth-order valence-corrected chi connectivity index (χ4v) is 1.67. The Kier molecular flexibility index (Phi) is 2.97. The summed E-state index contributed by atoms with van der Waals surface area (Å²) in [7, 11) is 0. The first kappa shape index (κ1) is 11.4. The lowest BCUT2D eigenvalue weighted by Crippen LogP contribution is -2.24. The average molecular weight is 250 g/mol. The fraction of sp³-hybridized carbons (Fsp3) is 0. The van der Waals surface area contributed by atoms with Crippen LogP contribution in [0, 0.1) is 0 Å². The van der Waals surface area contributed by atoms with Crippen LogP contribution in [0.2, 0.25) is 5.02 Å². The van der Waals surface area contributed by atoms with Gasteiger partial charge < -0.3 is 5.11 Å². The molecule has 0 unspecified atom stereocenters. The molecule has 0 aliphatic rings. The van der Waals surface area contributed by atoms with Gasteiger partial charge in [0.15, 0.2) is 0 Å². The van der Waals surface area contributed by atoms with Gasteiger partial charge >= 0.3 is 5.97 Å². The summed E-state index contributed by atoms with van der Waals surface area (Å²) in [4.78, 5) is 22.7. The van der Waals surface area contributed by atoms with Crippen LogP contribution in [0.3, 0.4) is 0 Å². The van der Waals surface area contributed by atoms with Crippen LogP contribution in [0.1, 0.15) is 10.4 Å². The Bertz CT molecular complexity index is 634. The maximum Gasteiger partial charge on any atom is 0.341 e. The van der Waals surface area contributed by atoms with Crippen LogP contribution < -0.4 is 5.56 Å². The third kappa shape index (κ3) is 2.21. The van der Waals surface area contributed by atoms with Crippen LogP contribution in [-0.4, -0.2) is 15.6 Å². The standard InChI is InChI=1S/C12H8ClNO3/c13-8-3-1-4-9(7-8)14-6-2-5-10(11(14)15)12(16)17/h1-7H,(H,16,17). The molecule has 1 heterocycles. The number of benzene rings is 1. The second-order valence-corrected chi connectivity index (χ2v) is 3.82. The summed E-state index contributed by atoms with van der Waals surface area (Å²) in [6.45, 7) is 0. The number of pyridine rings is 1. The highest BCUT2D eigenvalue weighted by Crippen LogP contribution is 2.13. The predicted molar refractivity (Wildman–Crippen MR) is 64.0 cm³/mol. The minimum Gasteiger partial charge on any atom is -0.477 e. The van der Waals surface area contributed by atoms with E-state index in [4.69, 9.17) is 16.7 Å². The summed E-state index contributed by atoms with van der Waals surface area (Å²) >= 11 is 5.82. The summed E-state index contributed by atoms with van der Waals surface area (Å²) in [6.07, 6.45) is 1.50. The first-order valence-corrected chi connectivity index (χ1v) is 5.18. The van der Waals surface area contributed by atoms with E-state index in [1.807, 2.05) is 0 Å². The molecule has 0 fully saturated rings. The lowest BCUT2D eigenvalue weighted by atomic mass is 10.2. The van der Waals surface area contributed by atoms with Crippen LogP contribution >= 0.6 is 11.6 Å². The third-order valence-corrected chi connectivity index (χ3v) is 2.50. The van der Waals surface area contributed by atoms with Gasteiger partial charge in [-0.05, 0) is 30.3 Å². The van der Waals surface area contributed by atoms with Gasteiger partial charge in [0.2, 0.25) is 0 Å². The van der Waals surface area contributed by atoms with Gasteiger partial charge in [-0.3, -0.25) is 9.36 Å². The number of carboxylic acids is 1. The van der Waals surface area contributed by atoms with E-state index in [9.17, 15) is 9.59 Å². The van der Waals surface area contributed by atoms with Gasteiger partial charge in [0.05, 0.1) is 5.69 Å². The van der Waals surface area contributed by atoms with Crippen molar-refractivity contribution >= 4 is 17.6 Å². The minimum atomic E-state index is -1.24. The van der Waals surface area contributed by atoms with Crippen molar-refractivity contribution < 1.29 is 9.90 Å². The number of halogens is 1. The van der Waals surface area contributed by atoms with E-state index in [0.29, 0.717) is 10.7 Å². The highest BCUT2D eigenvalue weighted by Gasteiger charge is 2.10. The van der Waals surface area contributed by atoms with Crippen molar-refractivity contribution in [2.24, 2.45) is 0 Å². The molecule has 0 saturated heterocycles. The van der Waals surface area contributed by atoms with E-state index in [2.05, 4.69) is 0 Å². The number of hydrogen-bond acceptors (Lipinski definition) is 2. The Hall–Kier alpha value is -2.07. The number of aromatic nitrogens is 1. The van der Waals surface area contributed by atoms with E-state index in [-0.39, 0.29) is 5.56 Å². The van der Waals surface area contributed by atoms with Crippen LogP contribution in [0.25, 0.3) is 5.69 Å². The van der Waals surface area contributed by atoms with Gasteiger partial charge in [-0.15, -0.1) is 0 Å². The quantitative estimate of drug-likeness (QED) is 0.888. The van der Waals surface area contributed by atoms with Gasteiger partial charge in [0.1, 0.15) is 5.56 Å². The molecule has 0 aliphatic heterocycles. The highest BCUT2D eigenvalue weighted by molar-refractivity contribution is 6.30. The number of nitrogens with zero attached hydrogens (tertiary/aromatic N) is 1. The van der Waals surface area contributed by atoms with Crippen molar-refractivity contribution in [3.8, 4) is 5.69 Å². The summed E-state index contributed by atoms with van der Waals surface area (Å²) in [5.74, 6) is -1.24. The number of carbonyl (C=O) groups is 1. The molecule has 0 saturated carbocycles. The van der Waals surface area contributed by atoms with Gasteiger partial charge in [-0.1, -0.05) is 17.7 Å². The third-order valence-electron chi connectivity index (χ3n) is 2.26. The molecule has 5 heteroatoms. The molecule has 0 radical (unpaired) electrons. The maximum absolute atomic E-state index is 11.9. The van der Waals surface area contributed by atoms with Crippen LogP contribution in [0.15, 0.2) is 47.4 Å². The number of aromatic carboxylic acids is 1. The molecule has 1 aromatic heterocycles. The molecule has 17 heavy (non-hydrogen) atoms. The van der Waals surface area contributed by atoms with Crippen molar-refractivity contribution in [2.45, 2.75) is 0 Å². The molecule has 4 nitrogen and oxygen atoms in total. The Morgan fingerprint density at radius 2 is 2.00 bits per heavy atom. The van der Waals surface area contributed by atoms with Gasteiger partial charge in [0, 0.05) is 11.2 Å². The number of rotatable bonds is 2. The Labute approximate surface area is 102 Å². The molecule has 2 aromatic rings. The van der Waals surface area contributed by atoms with Crippen LogP contribution in [0.4, 0.5) is 0 Å². The smallest absolute Gasteiger partial charge is 0.341 e. The average Bonchev–Trinajstić information content (AvgIpc) is 2.29. The number of hydrogen-bond donors (Lipinski definition) is 1. The summed E-state index contributed by atoms with van der Waals surface area (Å²) in [5, 5.41) is 9.33. The molecule has 0 aliphatic carbocycles. The van der Waals surface area contributed by atoms with Crippen molar-refractivity contribution in [3.63, 3.8) is 0 Å². The summed E-state index contributed by atoms with van der Waals surface area (Å²) < 4.78 is 1.25. The second-order valence-electron chi connectivity index (χ2n) is 3.38.